The van der Waals surface area contributed by atoms with Crippen LogP contribution in [0.15, 0.2) is 76.3 Å². The van der Waals surface area contributed by atoms with Crippen LogP contribution in [0.5, 0.6) is 0 Å². The summed E-state index contributed by atoms with van der Waals surface area (Å²) in [5.41, 5.74) is 3.23. The smallest absolute Gasteiger partial charge is 0.176 e. The van der Waals surface area contributed by atoms with E-state index in [1.54, 1.807) is 55.3 Å². The molecule has 4 rings (SSSR count). The van der Waals surface area contributed by atoms with Crippen molar-refractivity contribution < 1.29 is 14.0 Å². The Balaban J connectivity index is 1.89. The zero-order chi connectivity index (χ0) is 17.2. The van der Waals surface area contributed by atoms with E-state index in [4.69, 9.17) is 20.5 Å². The molecule has 6 heteroatoms. The molecule has 1 N–H and O–H groups in total. The van der Waals surface area contributed by atoms with Crippen LogP contribution in [0.2, 0.25) is 5.02 Å². The first kappa shape index (κ1) is 15.6. The highest BCUT2D eigenvalue weighted by atomic mass is 35.5. The van der Waals surface area contributed by atoms with Crippen molar-refractivity contribution in [2.75, 3.05) is 0 Å². The molecule has 0 saturated heterocycles. The van der Waals surface area contributed by atoms with Crippen molar-refractivity contribution in [3.63, 3.8) is 0 Å². The van der Waals surface area contributed by atoms with Gasteiger partial charge >= 0.3 is 0 Å². The number of aliphatic hydroxyl groups is 1. The third kappa shape index (κ3) is 2.95. The van der Waals surface area contributed by atoms with Crippen molar-refractivity contribution in [3.05, 3.63) is 83.5 Å². The fraction of sp³-hybridized carbons (Fsp3) is 0.0526. The number of hydrogen-bond donors (Lipinski definition) is 1. The predicted molar refractivity (Wildman–Crippen MR) is 92.9 cm³/mol. The lowest BCUT2D eigenvalue weighted by Gasteiger charge is -2.12. The Morgan fingerprint density at radius 3 is 2.56 bits per heavy atom. The van der Waals surface area contributed by atoms with E-state index in [0.717, 1.165) is 5.56 Å². The molecule has 0 aliphatic rings. The van der Waals surface area contributed by atoms with Gasteiger partial charge in [0.15, 0.2) is 5.76 Å². The Morgan fingerprint density at radius 2 is 1.88 bits per heavy atom. The molecule has 25 heavy (non-hydrogen) atoms. The maximum atomic E-state index is 11.0. The quantitative estimate of drug-likeness (QED) is 0.574. The number of pyridine rings is 1. The molecule has 1 unspecified atom stereocenters. The van der Waals surface area contributed by atoms with Gasteiger partial charge in [-0.05, 0) is 24.3 Å². The molecule has 0 aliphatic carbocycles. The number of hydrogen-bond acceptors (Lipinski definition) is 5. The minimum atomic E-state index is -0.949. The van der Waals surface area contributed by atoms with Gasteiger partial charge in [-0.2, -0.15) is 0 Å². The Hall–Kier alpha value is -2.89. The lowest BCUT2D eigenvalue weighted by Crippen LogP contribution is -2.02. The van der Waals surface area contributed by atoms with E-state index in [1.165, 1.54) is 0 Å². The number of rotatable bonds is 4. The lowest BCUT2D eigenvalue weighted by molar-refractivity contribution is 0.220. The molecule has 4 aromatic rings. The molecule has 1 aromatic carbocycles. The second-order valence-electron chi connectivity index (χ2n) is 5.48. The van der Waals surface area contributed by atoms with Crippen LogP contribution in [0.3, 0.4) is 0 Å². The molecule has 0 spiro atoms. The number of furan rings is 1. The van der Waals surface area contributed by atoms with Gasteiger partial charge in [-0.15, -0.1) is 0 Å². The number of benzene rings is 1. The fourth-order valence-corrected chi connectivity index (χ4v) is 2.80. The van der Waals surface area contributed by atoms with Crippen molar-refractivity contribution in [3.8, 4) is 22.6 Å². The zero-order valence-corrected chi connectivity index (χ0v) is 13.7. The molecule has 0 saturated carbocycles. The molecule has 3 heterocycles. The second-order valence-corrected chi connectivity index (χ2v) is 5.92. The zero-order valence-electron chi connectivity index (χ0n) is 13.0. The average molecular weight is 353 g/mol. The number of nitrogens with zero attached hydrogens (tertiary/aromatic N) is 2. The summed E-state index contributed by atoms with van der Waals surface area (Å²) >= 11 is 5.97. The highest BCUT2D eigenvalue weighted by molar-refractivity contribution is 6.30. The molecule has 0 fully saturated rings. The summed E-state index contributed by atoms with van der Waals surface area (Å²) in [4.78, 5) is 4.08. The Morgan fingerprint density at radius 1 is 1.04 bits per heavy atom. The highest BCUT2D eigenvalue weighted by Crippen LogP contribution is 2.39. The summed E-state index contributed by atoms with van der Waals surface area (Å²) in [6.45, 7) is 0. The normalized spacial score (nSPS) is 12.2. The minimum absolute atomic E-state index is 0.454. The van der Waals surface area contributed by atoms with Gasteiger partial charge in [0.25, 0.3) is 0 Å². The third-order valence-corrected chi connectivity index (χ3v) is 4.15. The van der Waals surface area contributed by atoms with E-state index in [1.807, 2.05) is 12.1 Å². The summed E-state index contributed by atoms with van der Waals surface area (Å²) in [5.74, 6) is 0.454. The van der Waals surface area contributed by atoms with Crippen molar-refractivity contribution in [2.45, 2.75) is 6.10 Å². The molecule has 5 nitrogen and oxygen atoms in total. The van der Waals surface area contributed by atoms with Gasteiger partial charge in [0.05, 0.1) is 17.4 Å². The molecule has 0 bridgehead atoms. The number of halogens is 1. The monoisotopic (exact) mass is 352 g/mol. The molecule has 0 radical (unpaired) electrons. The van der Waals surface area contributed by atoms with E-state index >= 15 is 0 Å². The van der Waals surface area contributed by atoms with Crippen molar-refractivity contribution in [2.24, 2.45) is 0 Å². The summed E-state index contributed by atoms with van der Waals surface area (Å²) in [5, 5.41) is 15.8. The van der Waals surface area contributed by atoms with Crippen LogP contribution in [0, 0.1) is 0 Å². The van der Waals surface area contributed by atoms with Gasteiger partial charge in [-0.3, -0.25) is 4.98 Å². The summed E-state index contributed by atoms with van der Waals surface area (Å²) in [6, 6.07) is 12.5. The van der Waals surface area contributed by atoms with Gasteiger partial charge in [-0.25, -0.2) is 0 Å². The molecule has 3 aromatic heterocycles. The number of aliphatic hydroxyl groups excluding tert-OH is 1. The van der Waals surface area contributed by atoms with Crippen LogP contribution >= 0.6 is 11.6 Å². The van der Waals surface area contributed by atoms with Gasteiger partial charge < -0.3 is 14.0 Å². The predicted octanol–water partition coefficient (Wildman–Crippen LogP) is 4.73. The van der Waals surface area contributed by atoms with Crippen LogP contribution in [0.4, 0.5) is 0 Å². The minimum Gasteiger partial charge on any atom is -0.472 e. The SMILES string of the molecule is OC(c1cccnc1)c1c(-c2ccc(Cl)cc2)noc1-c1ccoc1. The van der Waals surface area contributed by atoms with Crippen LogP contribution in [0.25, 0.3) is 22.6 Å². The average Bonchev–Trinajstić information content (AvgIpc) is 3.32. The van der Waals surface area contributed by atoms with E-state index in [2.05, 4.69) is 10.1 Å². The molecular weight excluding hydrogens is 340 g/mol. The third-order valence-electron chi connectivity index (χ3n) is 3.90. The Kier molecular flexibility index (Phi) is 4.09. The maximum Gasteiger partial charge on any atom is 0.176 e. The van der Waals surface area contributed by atoms with Gasteiger partial charge in [0.1, 0.15) is 18.1 Å². The first-order valence-corrected chi connectivity index (χ1v) is 7.98. The van der Waals surface area contributed by atoms with E-state index < -0.39 is 6.10 Å². The summed E-state index contributed by atoms with van der Waals surface area (Å²) < 4.78 is 10.7. The van der Waals surface area contributed by atoms with Crippen LogP contribution in [-0.4, -0.2) is 15.2 Å². The van der Waals surface area contributed by atoms with Crippen molar-refractivity contribution in [1.82, 2.24) is 10.1 Å². The van der Waals surface area contributed by atoms with Gasteiger partial charge in [-0.1, -0.05) is 35.0 Å². The molecule has 0 amide bonds. The first-order chi connectivity index (χ1) is 12.2. The van der Waals surface area contributed by atoms with Crippen LogP contribution < -0.4 is 0 Å². The molecule has 1 atom stereocenters. The standard InChI is InChI=1S/C19H13ClN2O3/c20-15-5-3-12(4-6-15)17-16(18(23)13-2-1-8-21-10-13)19(25-22-17)14-7-9-24-11-14/h1-11,18,23H. The maximum absolute atomic E-state index is 11.0. The lowest BCUT2D eigenvalue weighted by atomic mass is 9.96. The number of aromatic nitrogens is 2. The summed E-state index contributed by atoms with van der Waals surface area (Å²) in [7, 11) is 0. The molecule has 0 aliphatic heterocycles. The Bertz CT molecular complexity index is 964. The van der Waals surface area contributed by atoms with E-state index in [-0.39, 0.29) is 0 Å². The van der Waals surface area contributed by atoms with Crippen LogP contribution in [0.1, 0.15) is 17.2 Å². The van der Waals surface area contributed by atoms with E-state index in [0.29, 0.717) is 33.2 Å². The fourth-order valence-electron chi connectivity index (χ4n) is 2.67. The van der Waals surface area contributed by atoms with Crippen molar-refractivity contribution >= 4 is 11.6 Å². The first-order valence-electron chi connectivity index (χ1n) is 7.60. The Labute approximate surface area is 148 Å². The molecule has 124 valence electrons. The largest absolute Gasteiger partial charge is 0.472 e. The van der Waals surface area contributed by atoms with Gasteiger partial charge in [0.2, 0.25) is 0 Å². The molecular formula is C19H13ClN2O3. The van der Waals surface area contributed by atoms with Crippen molar-refractivity contribution in [1.29, 1.82) is 0 Å². The summed E-state index contributed by atoms with van der Waals surface area (Å²) in [6.07, 6.45) is 5.41. The van der Waals surface area contributed by atoms with Crippen LogP contribution in [-0.2, 0) is 0 Å². The second kappa shape index (κ2) is 6.55. The van der Waals surface area contributed by atoms with Gasteiger partial charge in [0, 0.05) is 28.5 Å². The van der Waals surface area contributed by atoms with E-state index in [9.17, 15) is 5.11 Å². The highest BCUT2D eigenvalue weighted by Gasteiger charge is 2.27. The topological polar surface area (TPSA) is 72.3 Å².